The highest BCUT2D eigenvalue weighted by molar-refractivity contribution is 7.15. The minimum atomic E-state index is -0.312. The quantitative estimate of drug-likeness (QED) is 0.547. The molecule has 0 atom stereocenters. The molecule has 4 aromatic rings. The average Bonchev–Trinajstić information content (AvgIpc) is 3.30. The monoisotopic (exact) mass is 364 g/mol. The van der Waals surface area contributed by atoms with Crippen LogP contribution >= 0.6 is 11.3 Å². The van der Waals surface area contributed by atoms with Crippen molar-refractivity contribution in [1.29, 1.82) is 0 Å². The highest BCUT2D eigenvalue weighted by atomic mass is 32.1. The van der Waals surface area contributed by atoms with Crippen LogP contribution in [-0.4, -0.2) is 20.5 Å². The molecule has 0 radical (unpaired) electrons. The summed E-state index contributed by atoms with van der Waals surface area (Å²) in [5.74, 6) is 0.570. The van der Waals surface area contributed by atoms with E-state index in [2.05, 4.69) is 47.4 Å². The molecule has 3 heterocycles. The van der Waals surface area contributed by atoms with E-state index >= 15 is 0 Å². The van der Waals surface area contributed by atoms with E-state index in [0.29, 0.717) is 5.76 Å². The molecule has 0 aliphatic rings. The molecule has 1 N–H and O–H groups in total. The third-order valence-electron chi connectivity index (χ3n) is 3.92. The third-order valence-corrected chi connectivity index (χ3v) is 4.73. The summed E-state index contributed by atoms with van der Waals surface area (Å²) in [5, 5.41) is 9.13. The van der Waals surface area contributed by atoms with Crippen LogP contribution in [0.25, 0.3) is 22.3 Å². The number of nitrogens with zero attached hydrogens (tertiary/aromatic N) is 3. The Hall–Kier alpha value is -3.19. The molecular weight excluding hydrogens is 348 g/mol. The van der Waals surface area contributed by atoms with Crippen LogP contribution in [0.2, 0.25) is 0 Å². The van der Waals surface area contributed by atoms with Crippen LogP contribution in [0.4, 0.5) is 5.95 Å². The highest BCUT2D eigenvalue weighted by Crippen LogP contribution is 2.28. The highest BCUT2D eigenvalue weighted by Gasteiger charge is 2.14. The lowest BCUT2D eigenvalue weighted by Gasteiger charge is -2.05. The molecule has 3 aromatic heterocycles. The number of aromatic nitrogens is 3. The average molecular weight is 364 g/mol. The predicted octanol–water partition coefficient (Wildman–Crippen LogP) is 4.32. The lowest BCUT2D eigenvalue weighted by Crippen LogP contribution is -2.09. The fraction of sp³-hybridized carbons (Fsp3) is 0.105. The van der Waals surface area contributed by atoms with E-state index < -0.39 is 0 Å². The van der Waals surface area contributed by atoms with Crippen molar-refractivity contribution in [3.63, 3.8) is 0 Å². The van der Waals surface area contributed by atoms with Crippen LogP contribution in [0.15, 0.2) is 52.5 Å². The number of nitrogens with one attached hydrogen (secondary N) is 1. The fourth-order valence-electron chi connectivity index (χ4n) is 2.72. The molecule has 26 heavy (non-hydrogen) atoms. The molecule has 0 fully saturated rings. The van der Waals surface area contributed by atoms with Crippen LogP contribution in [0.5, 0.6) is 0 Å². The van der Waals surface area contributed by atoms with E-state index in [9.17, 15) is 4.79 Å². The van der Waals surface area contributed by atoms with Gasteiger partial charge in [-0.25, -0.2) is 4.52 Å². The van der Waals surface area contributed by atoms with Crippen molar-refractivity contribution in [1.82, 2.24) is 14.6 Å². The second-order valence-corrected chi connectivity index (χ2v) is 6.74. The number of thiazole rings is 1. The summed E-state index contributed by atoms with van der Waals surface area (Å²) in [5.41, 5.74) is 4.45. The summed E-state index contributed by atoms with van der Waals surface area (Å²) < 4.78 is 6.91. The van der Waals surface area contributed by atoms with Gasteiger partial charge in [-0.15, -0.1) is 16.4 Å². The van der Waals surface area contributed by atoms with Crippen molar-refractivity contribution < 1.29 is 9.21 Å². The second-order valence-electron chi connectivity index (χ2n) is 5.91. The summed E-state index contributed by atoms with van der Waals surface area (Å²) >= 11 is 1.49. The zero-order valence-electron chi connectivity index (χ0n) is 14.3. The number of amides is 1. The van der Waals surface area contributed by atoms with Crippen molar-refractivity contribution in [3.8, 4) is 11.3 Å². The maximum absolute atomic E-state index is 12.0. The molecule has 1 amide bonds. The van der Waals surface area contributed by atoms with Crippen molar-refractivity contribution in [2.75, 3.05) is 5.32 Å². The standard InChI is InChI=1S/C19H16N4O2S/c1-12-5-7-15(13(2)10-12)16-11-26-19-21-18(22-23(16)19)20-17(24)8-6-14-4-3-9-25-14/h3-11H,1-2H3,(H,20,22,24)/b8-6+. The van der Waals surface area contributed by atoms with Crippen molar-refractivity contribution in [2.45, 2.75) is 13.8 Å². The van der Waals surface area contributed by atoms with Gasteiger partial charge in [0.1, 0.15) is 5.76 Å². The smallest absolute Gasteiger partial charge is 0.250 e. The summed E-state index contributed by atoms with van der Waals surface area (Å²) in [4.78, 5) is 17.1. The summed E-state index contributed by atoms with van der Waals surface area (Å²) in [7, 11) is 0. The Morgan fingerprint density at radius 3 is 2.96 bits per heavy atom. The summed E-state index contributed by atoms with van der Waals surface area (Å²) in [6.45, 7) is 4.14. The first-order chi connectivity index (χ1) is 12.6. The molecular formula is C19H16N4O2S. The Kier molecular flexibility index (Phi) is 4.14. The van der Waals surface area contributed by atoms with Crippen LogP contribution in [0.1, 0.15) is 16.9 Å². The minimum Gasteiger partial charge on any atom is -0.465 e. The van der Waals surface area contributed by atoms with E-state index in [4.69, 9.17) is 4.42 Å². The van der Waals surface area contributed by atoms with Crippen LogP contribution in [0, 0.1) is 13.8 Å². The molecule has 1 aromatic carbocycles. The number of benzene rings is 1. The largest absolute Gasteiger partial charge is 0.465 e. The van der Waals surface area contributed by atoms with Gasteiger partial charge in [-0.3, -0.25) is 10.1 Å². The number of carbonyl (C=O) groups excluding carboxylic acids is 1. The van der Waals surface area contributed by atoms with Gasteiger partial charge in [0, 0.05) is 17.0 Å². The molecule has 0 aliphatic carbocycles. The van der Waals surface area contributed by atoms with Crippen LogP contribution in [0.3, 0.4) is 0 Å². The van der Waals surface area contributed by atoms with E-state index in [-0.39, 0.29) is 11.9 Å². The van der Waals surface area contributed by atoms with E-state index in [1.807, 2.05) is 5.38 Å². The van der Waals surface area contributed by atoms with Crippen molar-refractivity contribution in [2.24, 2.45) is 0 Å². The summed E-state index contributed by atoms with van der Waals surface area (Å²) in [6.07, 6.45) is 4.53. The maximum Gasteiger partial charge on any atom is 0.250 e. The van der Waals surface area contributed by atoms with Crippen molar-refractivity contribution in [3.05, 3.63) is 64.9 Å². The second kappa shape index (κ2) is 6.61. The van der Waals surface area contributed by atoms with Gasteiger partial charge >= 0.3 is 0 Å². The molecule has 7 heteroatoms. The topological polar surface area (TPSA) is 72.4 Å². The van der Waals surface area contributed by atoms with Crippen molar-refractivity contribution >= 4 is 34.2 Å². The van der Waals surface area contributed by atoms with E-state index in [1.54, 1.807) is 29.0 Å². The first kappa shape index (κ1) is 16.3. The number of anilines is 1. The number of fused-ring (bicyclic) bond motifs is 1. The van der Waals surface area contributed by atoms with Gasteiger partial charge in [-0.05, 0) is 37.6 Å². The maximum atomic E-state index is 12.0. The van der Waals surface area contributed by atoms with E-state index in [1.165, 1.54) is 28.5 Å². The van der Waals surface area contributed by atoms with Gasteiger partial charge in [0.25, 0.3) is 11.9 Å². The van der Waals surface area contributed by atoms with Crippen LogP contribution in [-0.2, 0) is 4.79 Å². The molecule has 0 aliphatic heterocycles. The van der Waals surface area contributed by atoms with Crippen LogP contribution < -0.4 is 5.32 Å². The first-order valence-corrected chi connectivity index (χ1v) is 8.92. The zero-order valence-corrected chi connectivity index (χ0v) is 15.1. The molecule has 0 saturated carbocycles. The zero-order chi connectivity index (χ0) is 18.1. The van der Waals surface area contributed by atoms with Gasteiger partial charge in [-0.2, -0.15) is 4.98 Å². The number of carbonyl (C=O) groups is 1. The minimum absolute atomic E-state index is 0.275. The Balaban J connectivity index is 1.59. The molecule has 0 spiro atoms. The number of rotatable bonds is 4. The number of aryl methyl sites for hydroxylation is 2. The normalized spacial score (nSPS) is 11.5. The molecule has 0 unspecified atom stereocenters. The number of hydrogen-bond acceptors (Lipinski definition) is 5. The molecule has 4 rings (SSSR count). The molecule has 0 saturated heterocycles. The van der Waals surface area contributed by atoms with Gasteiger partial charge < -0.3 is 4.42 Å². The van der Waals surface area contributed by atoms with Gasteiger partial charge in [0.2, 0.25) is 4.96 Å². The molecule has 0 bridgehead atoms. The lowest BCUT2D eigenvalue weighted by molar-refractivity contribution is -0.111. The van der Waals surface area contributed by atoms with Gasteiger partial charge in [0.15, 0.2) is 0 Å². The predicted molar refractivity (Wildman–Crippen MR) is 102 cm³/mol. The number of furan rings is 1. The molecule has 130 valence electrons. The van der Waals surface area contributed by atoms with Gasteiger partial charge in [0.05, 0.1) is 12.0 Å². The van der Waals surface area contributed by atoms with Gasteiger partial charge in [-0.1, -0.05) is 23.8 Å². The fourth-order valence-corrected chi connectivity index (χ4v) is 3.54. The SMILES string of the molecule is Cc1ccc(-c2csc3nc(NC(=O)/C=C/c4ccco4)nn23)c(C)c1. The molecule has 6 nitrogen and oxygen atoms in total. The third kappa shape index (κ3) is 3.16. The Labute approximate surface area is 153 Å². The first-order valence-electron chi connectivity index (χ1n) is 8.04. The van der Waals surface area contributed by atoms with E-state index in [0.717, 1.165) is 16.2 Å². The Bertz CT molecular complexity index is 1110. The Morgan fingerprint density at radius 1 is 1.31 bits per heavy atom. The lowest BCUT2D eigenvalue weighted by atomic mass is 10.0. The number of hydrogen-bond donors (Lipinski definition) is 1. The Morgan fingerprint density at radius 2 is 2.19 bits per heavy atom. The summed E-state index contributed by atoms with van der Waals surface area (Å²) in [6, 6.07) is 9.82.